The molecule has 2 rings (SSSR count). The van der Waals surface area contributed by atoms with Crippen molar-refractivity contribution in [3.05, 3.63) is 29.8 Å². The largest absolute Gasteiger partial charge is 0.399 e. The average Bonchev–Trinajstić information content (AvgIpc) is 3.21. The lowest BCUT2D eigenvalue weighted by atomic mass is 10.1. The maximum Gasteiger partial charge on any atom is 0.223 e. The summed E-state index contributed by atoms with van der Waals surface area (Å²) in [5, 5.41) is 0. The number of amides is 1. The third-order valence-electron chi connectivity index (χ3n) is 3.42. The second-order valence-corrected chi connectivity index (χ2v) is 5.16. The van der Waals surface area contributed by atoms with E-state index in [2.05, 4.69) is 5.92 Å². The van der Waals surface area contributed by atoms with Crippen LogP contribution in [0.15, 0.2) is 24.3 Å². The standard InChI is InChI=1S/C16H20N2O/c1-2-11-18(12-14-3-4-14)16(19)10-7-13-5-8-15(17)9-6-13/h1,5-6,8-9,14H,3-4,7,10-12,17H2. The Hall–Kier alpha value is -1.95. The van der Waals surface area contributed by atoms with Crippen LogP contribution in [0.1, 0.15) is 24.8 Å². The van der Waals surface area contributed by atoms with E-state index in [0.717, 1.165) is 24.2 Å². The highest BCUT2D eigenvalue weighted by Crippen LogP contribution is 2.29. The fourth-order valence-electron chi connectivity index (χ4n) is 2.07. The molecule has 0 atom stereocenters. The zero-order valence-electron chi connectivity index (χ0n) is 11.1. The first-order chi connectivity index (χ1) is 9.19. The molecule has 0 spiro atoms. The molecule has 1 amide bonds. The Morgan fingerprint density at radius 2 is 2.05 bits per heavy atom. The second kappa shape index (κ2) is 6.29. The first kappa shape index (κ1) is 13.5. The van der Waals surface area contributed by atoms with Crippen LogP contribution in [0.4, 0.5) is 5.69 Å². The van der Waals surface area contributed by atoms with Crippen LogP contribution in [-0.2, 0) is 11.2 Å². The molecule has 19 heavy (non-hydrogen) atoms. The molecule has 100 valence electrons. The van der Waals surface area contributed by atoms with Crippen molar-refractivity contribution in [2.24, 2.45) is 5.92 Å². The summed E-state index contributed by atoms with van der Waals surface area (Å²) in [4.78, 5) is 14.0. The van der Waals surface area contributed by atoms with Gasteiger partial charge in [-0.15, -0.1) is 6.42 Å². The number of anilines is 1. The molecule has 1 fully saturated rings. The van der Waals surface area contributed by atoms with Gasteiger partial charge in [0.15, 0.2) is 0 Å². The van der Waals surface area contributed by atoms with Crippen LogP contribution < -0.4 is 5.73 Å². The number of benzene rings is 1. The Balaban J connectivity index is 1.84. The van der Waals surface area contributed by atoms with Gasteiger partial charge in [0, 0.05) is 18.7 Å². The minimum Gasteiger partial charge on any atom is -0.399 e. The molecule has 0 saturated heterocycles. The summed E-state index contributed by atoms with van der Waals surface area (Å²) in [5.41, 5.74) is 7.52. The predicted octanol–water partition coefficient (Wildman–Crippen LogP) is 2.07. The molecule has 3 heteroatoms. The van der Waals surface area contributed by atoms with E-state index in [0.29, 0.717) is 18.9 Å². The number of carbonyl (C=O) groups excluding carboxylic acids is 1. The molecule has 3 nitrogen and oxygen atoms in total. The van der Waals surface area contributed by atoms with Gasteiger partial charge in [-0.1, -0.05) is 18.1 Å². The lowest BCUT2D eigenvalue weighted by Gasteiger charge is -2.20. The number of hydrogen-bond donors (Lipinski definition) is 1. The number of nitrogen functional groups attached to an aromatic ring is 1. The van der Waals surface area contributed by atoms with Crippen molar-refractivity contribution in [1.29, 1.82) is 0 Å². The molecule has 0 aromatic heterocycles. The lowest BCUT2D eigenvalue weighted by molar-refractivity contribution is -0.130. The molecule has 1 saturated carbocycles. The van der Waals surface area contributed by atoms with Crippen molar-refractivity contribution in [2.75, 3.05) is 18.8 Å². The molecule has 0 radical (unpaired) electrons. The van der Waals surface area contributed by atoms with E-state index in [1.54, 1.807) is 0 Å². The van der Waals surface area contributed by atoms with Crippen LogP contribution in [0, 0.1) is 18.3 Å². The van der Waals surface area contributed by atoms with Gasteiger partial charge in [0.1, 0.15) is 0 Å². The number of terminal acetylenes is 1. The highest BCUT2D eigenvalue weighted by Gasteiger charge is 2.26. The number of carbonyl (C=O) groups is 1. The molecule has 1 aliphatic rings. The van der Waals surface area contributed by atoms with Gasteiger partial charge in [-0.3, -0.25) is 4.79 Å². The summed E-state index contributed by atoms with van der Waals surface area (Å²) >= 11 is 0. The molecule has 1 aromatic carbocycles. The molecule has 0 unspecified atom stereocenters. The fraction of sp³-hybridized carbons (Fsp3) is 0.438. The Morgan fingerprint density at radius 3 is 2.63 bits per heavy atom. The van der Waals surface area contributed by atoms with E-state index in [1.807, 2.05) is 29.2 Å². The SMILES string of the molecule is C#CCN(CC1CC1)C(=O)CCc1ccc(N)cc1. The van der Waals surface area contributed by atoms with Crippen molar-refractivity contribution >= 4 is 11.6 Å². The lowest BCUT2D eigenvalue weighted by Crippen LogP contribution is -2.33. The predicted molar refractivity (Wildman–Crippen MR) is 77.3 cm³/mol. The average molecular weight is 256 g/mol. The molecule has 0 bridgehead atoms. The Morgan fingerprint density at radius 1 is 1.37 bits per heavy atom. The number of nitrogens with two attached hydrogens (primary N) is 1. The van der Waals surface area contributed by atoms with Crippen molar-refractivity contribution in [1.82, 2.24) is 4.90 Å². The van der Waals surface area contributed by atoms with E-state index in [1.165, 1.54) is 12.8 Å². The molecular formula is C16H20N2O. The topological polar surface area (TPSA) is 46.3 Å². The summed E-state index contributed by atoms with van der Waals surface area (Å²) < 4.78 is 0. The van der Waals surface area contributed by atoms with E-state index < -0.39 is 0 Å². The van der Waals surface area contributed by atoms with Gasteiger partial charge in [0.05, 0.1) is 6.54 Å². The number of hydrogen-bond acceptors (Lipinski definition) is 2. The number of aryl methyl sites for hydroxylation is 1. The zero-order chi connectivity index (χ0) is 13.7. The van der Waals surface area contributed by atoms with Crippen LogP contribution in [0.3, 0.4) is 0 Å². The van der Waals surface area contributed by atoms with E-state index >= 15 is 0 Å². The highest BCUT2D eigenvalue weighted by molar-refractivity contribution is 5.76. The van der Waals surface area contributed by atoms with Gasteiger partial charge in [0.25, 0.3) is 0 Å². The summed E-state index contributed by atoms with van der Waals surface area (Å²) in [6.45, 7) is 1.25. The van der Waals surface area contributed by atoms with Gasteiger partial charge in [-0.2, -0.15) is 0 Å². The smallest absolute Gasteiger partial charge is 0.223 e. The summed E-state index contributed by atoms with van der Waals surface area (Å²) in [7, 11) is 0. The Kier molecular flexibility index (Phi) is 4.46. The van der Waals surface area contributed by atoms with Crippen LogP contribution >= 0.6 is 0 Å². The Bertz CT molecular complexity index is 469. The van der Waals surface area contributed by atoms with Crippen LogP contribution in [0.2, 0.25) is 0 Å². The summed E-state index contributed by atoms with van der Waals surface area (Å²) in [5.74, 6) is 3.41. The van der Waals surface area contributed by atoms with Crippen molar-refractivity contribution in [3.8, 4) is 12.3 Å². The minimum absolute atomic E-state index is 0.154. The monoisotopic (exact) mass is 256 g/mol. The van der Waals surface area contributed by atoms with E-state index in [-0.39, 0.29) is 5.91 Å². The first-order valence-corrected chi connectivity index (χ1v) is 6.74. The fourth-order valence-corrected chi connectivity index (χ4v) is 2.07. The molecule has 1 aromatic rings. The Labute approximate surface area is 114 Å². The molecule has 1 aliphatic carbocycles. The van der Waals surface area contributed by atoms with Gasteiger partial charge >= 0.3 is 0 Å². The number of nitrogens with zero attached hydrogens (tertiary/aromatic N) is 1. The number of rotatable bonds is 6. The van der Waals surface area contributed by atoms with Crippen LogP contribution in [0.25, 0.3) is 0 Å². The second-order valence-electron chi connectivity index (χ2n) is 5.16. The van der Waals surface area contributed by atoms with E-state index in [4.69, 9.17) is 12.2 Å². The first-order valence-electron chi connectivity index (χ1n) is 6.74. The third kappa shape index (κ3) is 4.33. The van der Waals surface area contributed by atoms with Crippen LogP contribution in [-0.4, -0.2) is 23.9 Å². The zero-order valence-corrected chi connectivity index (χ0v) is 11.1. The molecule has 0 aliphatic heterocycles. The van der Waals surface area contributed by atoms with E-state index in [9.17, 15) is 4.79 Å². The summed E-state index contributed by atoms with van der Waals surface area (Å²) in [6, 6.07) is 7.66. The van der Waals surface area contributed by atoms with Crippen molar-refractivity contribution in [2.45, 2.75) is 25.7 Å². The molecule has 0 heterocycles. The van der Waals surface area contributed by atoms with Gasteiger partial charge in [0.2, 0.25) is 5.91 Å². The van der Waals surface area contributed by atoms with Crippen molar-refractivity contribution in [3.63, 3.8) is 0 Å². The molecular weight excluding hydrogens is 236 g/mol. The van der Waals surface area contributed by atoms with Gasteiger partial charge in [-0.25, -0.2) is 0 Å². The maximum atomic E-state index is 12.1. The normalized spacial score (nSPS) is 13.8. The van der Waals surface area contributed by atoms with Gasteiger partial charge in [-0.05, 0) is 42.9 Å². The quantitative estimate of drug-likeness (QED) is 0.625. The van der Waals surface area contributed by atoms with Crippen LogP contribution in [0.5, 0.6) is 0 Å². The summed E-state index contributed by atoms with van der Waals surface area (Å²) in [6.07, 6.45) is 9.04. The third-order valence-corrected chi connectivity index (χ3v) is 3.42. The van der Waals surface area contributed by atoms with Gasteiger partial charge < -0.3 is 10.6 Å². The maximum absolute atomic E-state index is 12.1. The minimum atomic E-state index is 0.154. The molecule has 2 N–H and O–H groups in total. The van der Waals surface area contributed by atoms with Crippen molar-refractivity contribution < 1.29 is 4.79 Å². The highest BCUT2D eigenvalue weighted by atomic mass is 16.2.